The van der Waals surface area contributed by atoms with Crippen LogP contribution in [0.2, 0.25) is 10.0 Å². The standard InChI is InChI=1S/C20H21Cl2N3O5/c21-14-7-4-8-15(22)13(14)9-16(18(23)27)24-19(28)17(10-26)25-20(29)30-11-12-5-2-1-3-6-12/h1-8,16-17,26H,9-11H2,(H2,23,27)(H,24,28)(H,25,29)/t16-,17+/m1/s1. The highest BCUT2D eigenvalue weighted by atomic mass is 35.5. The first-order chi connectivity index (χ1) is 14.3. The first-order valence-electron chi connectivity index (χ1n) is 8.92. The zero-order chi connectivity index (χ0) is 22.1. The van der Waals surface area contributed by atoms with E-state index in [1.165, 1.54) is 0 Å². The molecule has 0 aromatic heterocycles. The summed E-state index contributed by atoms with van der Waals surface area (Å²) >= 11 is 12.2. The fraction of sp³-hybridized carbons (Fsp3) is 0.250. The van der Waals surface area contributed by atoms with Crippen LogP contribution in [0.3, 0.4) is 0 Å². The van der Waals surface area contributed by atoms with Gasteiger partial charge < -0.3 is 26.2 Å². The molecule has 2 rings (SSSR count). The van der Waals surface area contributed by atoms with Gasteiger partial charge in [-0.1, -0.05) is 59.6 Å². The normalized spacial score (nSPS) is 12.5. The number of rotatable bonds is 9. The van der Waals surface area contributed by atoms with Gasteiger partial charge >= 0.3 is 6.09 Å². The minimum Gasteiger partial charge on any atom is -0.445 e. The lowest BCUT2D eigenvalue weighted by Crippen LogP contribution is -2.55. The number of halogens is 2. The number of alkyl carbamates (subject to hydrolysis) is 1. The molecule has 0 bridgehead atoms. The molecule has 0 unspecified atom stereocenters. The maximum absolute atomic E-state index is 12.4. The molecular formula is C20H21Cl2N3O5. The van der Waals surface area contributed by atoms with Gasteiger partial charge in [0.25, 0.3) is 0 Å². The van der Waals surface area contributed by atoms with Crippen LogP contribution in [0.1, 0.15) is 11.1 Å². The van der Waals surface area contributed by atoms with Crippen LogP contribution >= 0.6 is 23.2 Å². The molecule has 2 atom stereocenters. The number of carbonyl (C=O) groups excluding carboxylic acids is 3. The molecule has 0 fully saturated rings. The second-order valence-corrected chi connectivity index (χ2v) is 7.12. The predicted molar refractivity (Wildman–Crippen MR) is 112 cm³/mol. The molecule has 0 aliphatic heterocycles. The summed E-state index contributed by atoms with van der Waals surface area (Å²) in [6, 6.07) is 11.2. The van der Waals surface area contributed by atoms with Crippen molar-refractivity contribution in [3.63, 3.8) is 0 Å². The summed E-state index contributed by atoms with van der Waals surface area (Å²) in [5.41, 5.74) is 6.56. The largest absolute Gasteiger partial charge is 0.445 e. The van der Waals surface area contributed by atoms with Gasteiger partial charge in [-0.3, -0.25) is 9.59 Å². The molecule has 0 aliphatic carbocycles. The Bertz CT molecular complexity index is 875. The minimum atomic E-state index is -1.35. The van der Waals surface area contributed by atoms with Crippen molar-refractivity contribution in [1.82, 2.24) is 10.6 Å². The number of aliphatic hydroxyl groups excluding tert-OH is 1. The van der Waals surface area contributed by atoms with Gasteiger partial charge in [-0.2, -0.15) is 0 Å². The van der Waals surface area contributed by atoms with E-state index in [1.54, 1.807) is 42.5 Å². The molecule has 0 saturated carbocycles. The molecule has 2 aromatic carbocycles. The third kappa shape index (κ3) is 6.91. The van der Waals surface area contributed by atoms with E-state index in [-0.39, 0.29) is 13.0 Å². The van der Waals surface area contributed by atoms with Crippen molar-refractivity contribution >= 4 is 41.1 Å². The molecule has 2 aromatic rings. The molecule has 0 radical (unpaired) electrons. The van der Waals surface area contributed by atoms with Crippen LogP contribution in [0.15, 0.2) is 48.5 Å². The van der Waals surface area contributed by atoms with Gasteiger partial charge in [0.15, 0.2) is 0 Å². The van der Waals surface area contributed by atoms with E-state index < -0.39 is 36.6 Å². The van der Waals surface area contributed by atoms with E-state index in [0.717, 1.165) is 5.56 Å². The van der Waals surface area contributed by atoms with Crippen LogP contribution < -0.4 is 16.4 Å². The summed E-state index contributed by atoms with van der Waals surface area (Å²) < 4.78 is 5.02. The zero-order valence-electron chi connectivity index (χ0n) is 15.8. The quantitative estimate of drug-likeness (QED) is 0.459. The first-order valence-corrected chi connectivity index (χ1v) is 9.68. The van der Waals surface area contributed by atoms with Crippen LogP contribution in [0, 0.1) is 0 Å². The Hall–Kier alpha value is -2.81. The summed E-state index contributed by atoms with van der Waals surface area (Å²) in [6.45, 7) is -0.730. The molecule has 0 spiro atoms. The number of primary amides is 1. The fourth-order valence-corrected chi connectivity index (χ4v) is 3.08. The van der Waals surface area contributed by atoms with E-state index in [0.29, 0.717) is 15.6 Å². The maximum atomic E-state index is 12.4. The second-order valence-electron chi connectivity index (χ2n) is 6.31. The molecule has 0 aliphatic rings. The van der Waals surface area contributed by atoms with Crippen molar-refractivity contribution in [3.05, 3.63) is 69.7 Å². The van der Waals surface area contributed by atoms with E-state index in [4.69, 9.17) is 33.7 Å². The smallest absolute Gasteiger partial charge is 0.408 e. The molecule has 160 valence electrons. The van der Waals surface area contributed by atoms with Crippen molar-refractivity contribution in [2.24, 2.45) is 5.73 Å². The topological polar surface area (TPSA) is 131 Å². The number of nitrogens with two attached hydrogens (primary N) is 1. The highest BCUT2D eigenvalue weighted by Crippen LogP contribution is 2.25. The number of amides is 3. The number of hydrogen-bond donors (Lipinski definition) is 4. The van der Waals surface area contributed by atoms with Crippen LogP contribution in [0.4, 0.5) is 4.79 Å². The van der Waals surface area contributed by atoms with Gasteiger partial charge in [0, 0.05) is 16.5 Å². The van der Waals surface area contributed by atoms with Crippen LogP contribution in [-0.2, 0) is 27.4 Å². The molecule has 30 heavy (non-hydrogen) atoms. The van der Waals surface area contributed by atoms with Crippen molar-refractivity contribution < 1.29 is 24.2 Å². The summed E-state index contributed by atoms with van der Waals surface area (Å²) in [5, 5.41) is 14.7. The van der Waals surface area contributed by atoms with Gasteiger partial charge in [0.2, 0.25) is 11.8 Å². The maximum Gasteiger partial charge on any atom is 0.408 e. The average molecular weight is 454 g/mol. The number of aliphatic hydroxyl groups is 1. The van der Waals surface area contributed by atoms with Gasteiger partial charge in [0.1, 0.15) is 18.7 Å². The minimum absolute atomic E-state index is 0.0125. The summed E-state index contributed by atoms with van der Waals surface area (Å²) in [6.07, 6.45) is -0.964. The van der Waals surface area contributed by atoms with E-state index >= 15 is 0 Å². The first kappa shape index (κ1) is 23.5. The van der Waals surface area contributed by atoms with Crippen molar-refractivity contribution in [2.45, 2.75) is 25.1 Å². The Morgan fingerprint density at radius 2 is 1.60 bits per heavy atom. The lowest BCUT2D eigenvalue weighted by Gasteiger charge is -2.21. The van der Waals surface area contributed by atoms with E-state index in [2.05, 4.69) is 10.6 Å². The Labute approximate surface area is 183 Å². The molecule has 0 saturated heterocycles. The van der Waals surface area contributed by atoms with Gasteiger partial charge in [-0.15, -0.1) is 0 Å². The number of nitrogens with one attached hydrogen (secondary N) is 2. The van der Waals surface area contributed by atoms with Crippen LogP contribution in [0.5, 0.6) is 0 Å². The number of benzene rings is 2. The summed E-state index contributed by atoms with van der Waals surface area (Å²) in [5.74, 6) is -1.65. The Balaban J connectivity index is 1.97. The zero-order valence-corrected chi connectivity index (χ0v) is 17.3. The van der Waals surface area contributed by atoms with E-state index in [9.17, 15) is 19.5 Å². The average Bonchev–Trinajstić information content (AvgIpc) is 2.72. The van der Waals surface area contributed by atoms with Gasteiger partial charge in [0.05, 0.1) is 6.61 Å². The Kier molecular flexibility index (Phi) is 8.91. The SMILES string of the molecule is NC(=O)[C@@H](Cc1c(Cl)cccc1Cl)NC(=O)[C@H](CO)NC(=O)OCc1ccccc1. The monoisotopic (exact) mass is 453 g/mol. The molecule has 3 amide bonds. The number of hydrogen-bond acceptors (Lipinski definition) is 5. The van der Waals surface area contributed by atoms with Crippen molar-refractivity contribution in [2.75, 3.05) is 6.61 Å². The van der Waals surface area contributed by atoms with Gasteiger partial charge in [-0.05, 0) is 23.3 Å². The fourth-order valence-electron chi connectivity index (χ4n) is 2.53. The Morgan fingerprint density at radius 3 is 2.17 bits per heavy atom. The highest BCUT2D eigenvalue weighted by molar-refractivity contribution is 6.36. The van der Waals surface area contributed by atoms with Crippen LogP contribution in [-0.4, -0.2) is 41.7 Å². The number of carbonyl (C=O) groups is 3. The molecule has 5 N–H and O–H groups in total. The highest BCUT2D eigenvalue weighted by Gasteiger charge is 2.27. The van der Waals surface area contributed by atoms with Crippen LogP contribution in [0.25, 0.3) is 0 Å². The summed E-state index contributed by atoms with van der Waals surface area (Å²) in [4.78, 5) is 36.2. The molecular weight excluding hydrogens is 433 g/mol. The second kappa shape index (κ2) is 11.4. The predicted octanol–water partition coefficient (Wildman–Crippen LogP) is 1.79. The number of ether oxygens (including phenoxy) is 1. The van der Waals surface area contributed by atoms with Crippen molar-refractivity contribution in [3.8, 4) is 0 Å². The van der Waals surface area contributed by atoms with Crippen molar-refractivity contribution in [1.29, 1.82) is 0 Å². The lowest BCUT2D eigenvalue weighted by atomic mass is 10.0. The third-order valence-corrected chi connectivity index (χ3v) is 4.84. The third-order valence-electron chi connectivity index (χ3n) is 4.13. The van der Waals surface area contributed by atoms with Gasteiger partial charge in [-0.25, -0.2) is 4.79 Å². The summed E-state index contributed by atoms with van der Waals surface area (Å²) in [7, 11) is 0. The lowest BCUT2D eigenvalue weighted by molar-refractivity contribution is -0.129. The molecule has 0 heterocycles. The Morgan fingerprint density at radius 1 is 0.967 bits per heavy atom. The van der Waals surface area contributed by atoms with E-state index in [1.807, 2.05) is 6.07 Å². The molecule has 8 nitrogen and oxygen atoms in total. The molecule has 10 heteroatoms.